The Labute approximate surface area is 163 Å². The first-order chi connectivity index (χ1) is 13.0. The normalized spacial score (nSPS) is 15.0. The van der Waals surface area contributed by atoms with Crippen LogP contribution in [0.4, 0.5) is 15.9 Å². The summed E-state index contributed by atoms with van der Waals surface area (Å²) in [6.07, 6.45) is 2.34. The molecule has 0 aliphatic carbocycles. The Morgan fingerprint density at radius 2 is 2.00 bits per heavy atom. The summed E-state index contributed by atoms with van der Waals surface area (Å²) < 4.78 is 13.9. The molecule has 0 saturated carbocycles. The minimum Gasteiger partial charge on any atom is -0.369 e. The van der Waals surface area contributed by atoms with Crippen molar-refractivity contribution in [1.82, 2.24) is 9.88 Å². The van der Waals surface area contributed by atoms with Crippen molar-refractivity contribution < 1.29 is 9.18 Å². The van der Waals surface area contributed by atoms with Crippen molar-refractivity contribution in [2.24, 2.45) is 5.73 Å². The monoisotopic (exact) mass is 391 g/mol. The standard InChI is InChI=1S/C19H23ClFN5O/c20-15-12-14(18(22)27)13-24-19(15)23-6-3-7-25-8-10-26(11-9-25)17-5-2-1-4-16(17)21/h1-2,4-5,12-13H,3,6-11H2,(H2,22,27)(H,23,24). The van der Waals surface area contributed by atoms with Crippen LogP contribution < -0.4 is 16.0 Å². The number of aromatic nitrogens is 1. The second kappa shape index (κ2) is 9.01. The van der Waals surface area contributed by atoms with E-state index in [2.05, 4.69) is 20.1 Å². The third-order valence-electron chi connectivity index (χ3n) is 4.63. The van der Waals surface area contributed by atoms with Crippen LogP contribution in [0.25, 0.3) is 0 Å². The Hall–Kier alpha value is -2.38. The number of anilines is 2. The zero-order valence-electron chi connectivity index (χ0n) is 15.0. The van der Waals surface area contributed by atoms with E-state index in [1.54, 1.807) is 6.07 Å². The Kier molecular flexibility index (Phi) is 6.47. The zero-order chi connectivity index (χ0) is 19.2. The van der Waals surface area contributed by atoms with Gasteiger partial charge in [-0.25, -0.2) is 9.37 Å². The third kappa shape index (κ3) is 5.08. The van der Waals surface area contributed by atoms with Gasteiger partial charge in [-0.15, -0.1) is 0 Å². The van der Waals surface area contributed by atoms with E-state index in [-0.39, 0.29) is 5.82 Å². The molecule has 2 aromatic rings. The molecule has 27 heavy (non-hydrogen) atoms. The van der Waals surface area contributed by atoms with Gasteiger partial charge in [0, 0.05) is 38.9 Å². The molecule has 8 heteroatoms. The van der Waals surface area contributed by atoms with E-state index in [1.807, 2.05) is 12.1 Å². The molecular formula is C19H23ClFN5O. The fourth-order valence-corrected chi connectivity index (χ4v) is 3.37. The molecule has 1 fully saturated rings. The highest BCUT2D eigenvalue weighted by molar-refractivity contribution is 6.33. The van der Waals surface area contributed by atoms with Crippen LogP contribution in [0.3, 0.4) is 0 Å². The molecule has 0 atom stereocenters. The molecule has 1 amide bonds. The van der Waals surface area contributed by atoms with Gasteiger partial charge in [-0.3, -0.25) is 9.69 Å². The molecule has 0 spiro atoms. The molecule has 1 aromatic carbocycles. The largest absolute Gasteiger partial charge is 0.369 e. The van der Waals surface area contributed by atoms with Crippen molar-refractivity contribution in [3.8, 4) is 0 Å². The maximum absolute atomic E-state index is 13.9. The van der Waals surface area contributed by atoms with Gasteiger partial charge in [0.25, 0.3) is 0 Å². The molecule has 0 unspecified atom stereocenters. The van der Waals surface area contributed by atoms with Gasteiger partial charge in [-0.05, 0) is 31.2 Å². The van der Waals surface area contributed by atoms with Crippen LogP contribution in [0, 0.1) is 5.82 Å². The lowest BCUT2D eigenvalue weighted by atomic mass is 10.2. The number of nitrogens with two attached hydrogens (primary N) is 1. The van der Waals surface area contributed by atoms with Crippen molar-refractivity contribution in [3.63, 3.8) is 0 Å². The Morgan fingerprint density at radius 1 is 1.26 bits per heavy atom. The summed E-state index contributed by atoms with van der Waals surface area (Å²) in [6.45, 7) is 5.10. The summed E-state index contributed by atoms with van der Waals surface area (Å²) >= 11 is 6.11. The van der Waals surface area contributed by atoms with E-state index in [1.165, 1.54) is 18.3 Å². The minimum absolute atomic E-state index is 0.165. The summed E-state index contributed by atoms with van der Waals surface area (Å²) in [7, 11) is 0. The number of pyridine rings is 1. The average molecular weight is 392 g/mol. The highest BCUT2D eigenvalue weighted by Gasteiger charge is 2.18. The van der Waals surface area contributed by atoms with E-state index in [4.69, 9.17) is 17.3 Å². The van der Waals surface area contributed by atoms with E-state index < -0.39 is 5.91 Å². The highest BCUT2D eigenvalue weighted by atomic mass is 35.5. The number of piperazine rings is 1. The number of benzene rings is 1. The summed E-state index contributed by atoms with van der Waals surface area (Å²) in [5.41, 5.74) is 6.17. The molecule has 3 rings (SSSR count). The molecule has 1 saturated heterocycles. The van der Waals surface area contributed by atoms with Gasteiger partial charge in [0.15, 0.2) is 0 Å². The van der Waals surface area contributed by atoms with Crippen LogP contribution in [-0.2, 0) is 0 Å². The van der Waals surface area contributed by atoms with Crippen molar-refractivity contribution >= 4 is 29.0 Å². The molecule has 2 heterocycles. The predicted molar refractivity (Wildman–Crippen MR) is 106 cm³/mol. The third-order valence-corrected chi connectivity index (χ3v) is 4.92. The van der Waals surface area contributed by atoms with Crippen LogP contribution in [0.15, 0.2) is 36.5 Å². The van der Waals surface area contributed by atoms with Gasteiger partial charge in [-0.1, -0.05) is 23.7 Å². The molecule has 1 aliphatic heterocycles. The summed E-state index contributed by atoms with van der Waals surface area (Å²) in [5.74, 6) is -0.168. The van der Waals surface area contributed by atoms with Gasteiger partial charge in [0.05, 0.1) is 16.3 Å². The maximum Gasteiger partial charge on any atom is 0.250 e. The fourth-order valence-electron chi connectivity index (χ4n) is 3.13. The highest BCUT2D eigenvalue weighted by Crippen LogP contribution is 2.21. The number of halogens is 2. The fraction of sp³-hybridized carbons (Fsp3) is 0.368. The lowest BCUT2D eigenvalue weighted by molar-refractivity contribution is 0.1000. The lowest BCUT2D eigenvalue weighted by Crippen LogP contribution is -2.47. The van der Waals surface area contributed by atoms with Gasteiger partial charge in [0.2, 0.25) is 5.91 Å². The Balaban J connectivity index is 1.40. The number of para-hydroxylation sites is 1. The number of hydrogen-bond donors (Lipinski definition) is 2. The van der Waals surface area contributed by atoms with Gasteiger partial charge >= 0.3 is 0 Å². The Morgan fingerprint density at radius 3 is 2.67 bits per heavy atom. The number of nitrogens with zero attached hydrogens (tertiary/aromatic N) is 3. The molecular weight excluding hydrogens is 369 g/mol. The smallest absolute Gasteiger partial charge is 0.250 e. The zero-order valence-corrected chi connectivity index (χ0v) is 15.8. The second-order valence-corrected chi connectivity index (χ2v) is 6.89. The van der Waals surface area contributed by atoms with Crippen LogP contribution in [-0.4, -0.2) is 55.1 Å². The molecule has 3 N–H and O–H groups in total. The average Bonchev–Trinajstić information content (AvgIpc) is 2.67. The first-order valence-corrected chi connectivity index (χ1v) is 9.33. The van der Waals surface area contributed by atoms with Crippen LogP contribution >= 0.6 is 11.6 Å². The summed E-state index contributed by atoms with van der Waals surface area (Å²) in [5, 5.41) is 3.56. The molecule has 0 radical (unpaired) electrons. The number of carbonyl (C=O) groups excluding carboxylic acids is 1. The van der Waals surface area contributed by atoms with Crippen molar-refractivity contribution in [2.75, 3.05) is 49.5 Å². The van der Waals surface area contributed by atoms with E-state index in [0.29, 0.717) is 22.1 Å². The molecule has 1 aliphatic rings. The van der Waals surface area contributed by atoms with Crippen molar-refractivity contribution in [1.29, 1.82) is 0 Å². The van der Waals surface area contributed by atoms with Crippen molar-refractivity contribution in [2.45, 2.75) is 6.42 Å². The number of nitrogens with one attached hydrogen (secondary N) is 1. The topological polar surface area (TPSA) is 74.5 Å². The number of primary amides is 1. The first-order valence-electron chi connectivity index (χ1n) is 8.95. The molecule has 144 valence electrons. The SMILES string of the molecule is NC(=O)c1cnc(NCCCN2CCN(c3ccccc3F)CC2)c(Cl)c1. The van der Waals surface area contributed by atoms with Crippen molar-refractivity contribution in [3.05, 3.63) is 52.9 Å². The van der Waals surface area contributed by atoms with Crippen LogP contribution in [0.1, 0.15) is 16.8 Å². The van der Waals surface area contributed by atoms with Crippen LogP contribution in [0.5, 0.6) is 0 Å². The van der Waals surface area contributed by atoms with Gasteiger partial charge < -0.3 is 16.0 Å². The second-order valence-electron chi connectivity index (χ2n) is 6.48. The minimum atomic E-state index is -0.550. The number of hydrogen-bond acceptors (Lipinski definition) is 5. The van der Waals surface area contributed by atoms with Crippen LogP contribution in [0.2, 0.25) is 5.02 Å². The molecule has 6 nitrogen and oxygen atoms in total. The Bertz CT molecular complexity index is 795. The summed E-state index contributed by atoms with van der Waals surface area (Å²) in [4.78, 5) is 19.7. The van der Waals surface area contributed by atoms with Gasteiger partial charge in [0.1, 0.15) is 11.6 Å². The predicted octanol–water partition coefficient (Wildman–Crippen LogP) is 2.60. The molecule has 0 bridgehead atoms. The number of rotatable bonds is 7. The van der Waals surface area contributed by atoms with E-state index >= 15 is 0 Å². The number of amides is 1. The van der Waals surface area contributed by atoms with Gasteiger partial charge in [-0.2, -0.15) is 0 Å². The maximum atomic E-state index is 13.9. The summed E-state index contributed by atoms with van der Waals surface area (Å²) in [6, 6.07) is 8.43. The molecule has 1 aromatic heterocycles. The first kappa shape index (κ1) is 19.4. The van der Waals surface area contributed by atoms with E-state index in [9.17, 15) is 9.18 Å². The number of carbonyl (C=O) groups is 1. The van der Waals surface area contributed by atoms with E-state index in [0.717, 1.165) is 45.7 Å². The lowest BCUT2D eigenvalue weighted by Gasteiger charge is -2.36. The quantitative estimate of drug-likeness (QED) is 0.710.